The van der Waals surface area contributed by atoms with Crippen molar-refractivity contribution < 1.29 is 19.4 Å². The molecular formula is C16H19NO4. The molecule has 1 aliphatic rings. The van der Waals surface area contributed by atoms with Gasteiger partial charge in [0.1, 0.15) is 0 Å². The lowest BCUT2D eigenvalue weighted by Gasteiger charge is -2.26. The van der Waals surface area contributed by atoms with E-state index in [1.165, 1.54) is 6.08 Å². The van der Waals surface area contributed by atoms with E-state index in [2.05, 4.69) is 0 Å². The molecule has 5 heteroatoms. The van der Waals surface area contributed by atoms with Crippen molar-refractivity contribution in [3.63, 3.8) is 0 Å². The highest BCUT2D eigenvalue weighted by Gasteiger charge is 2.30. The minimum absolute atomic E-state index is 0.0361. The van der Waals surface area contributed by atoms with Crippen LogP contribution in [-0.4, -0.2) is 47.7 Å². The fourth-order valence-corrected chi connectivity index (χ4v) is 2.53. The smallest absolute Gasteiger partial charge is 0.328 e. The Labute approximate surface area is 123 Å². The zero-order chi connectivity index (χ0) is 15.4. The monoisotopic (exact) mass is 289 g/mol. The van der Waals surface area contributed by atoms with Gasteiger partial charge in [-0.3, -0.25) is 4.79 Å². The van der Waals surface area contributed by atoms with Crippen molar-refractivity contribution >= 4 is 18.0 Å². The fraction of sp³-hybridized carbons (Fsp3) is 0.375. The molecule has 1 aromatic rings. The first kappa shape index (κ1) is 15.3. The van der Waals surface area contributed by atoms with E-state index in [4.69, 9.17) is 9.84 Å². The van der Waals surface area contributed by atoms with Crippen LogP contribution in [0, 0.1) is 0 Å². The average molecular weight is 289 g/mol. The lowest BCUT2D eigenvalue weighted by molar-refractivity contribution is -0.131. The molecule has 5 nitrogen and oxygen atoms in total. The van der Waals surface area contributed by atoms with Crippen LogP contribution in [0.5, 0.6) is 0 Å². The maximum atomic E-state index is 12.5. The molecule has 0 saturated carbocycles. The Bertz CT molecular complexity index is 567. The molecule has 1 aliphatic heterocycles. The number of carboxylic acids is 1. The lowest BCUT2D eigenvalue weighted by atomic mass is 10.1. The Hall–Kier alpha value is -2.14. The van der Waals surface area contributed by atoms with Gasteiger partial charge >= 0.3 is 5.97 Å². The van der Waals surface area contributed by atoms with E-state index in [1.807, 2.05) is 6.92 Å². The summed E-state index contributed by atoms with van der Waals surface area (Å²) in [5.41, 5.74) is 1.23. The zero-order valence-electron chi connectivity index (χ0n) is 12.2. The molecule has 0 aromatic heterocycles. The second kappa shape index (κ2) is 6.54. The van der Waals surface area contributed by atoms with E-state index < -0.39 is 5.97 Å². The van der Waals surface area contributed by atoms with Gasteiger partial charge in [0.2, 0.25) is 0 Å². The van der Waals surface area contributed by atoms with Crippen LogP contribution >= 0.6 is 0 Å². The number of nitrogens with zero attached hydrogens (tertiary/aromatic N) is 1. The molecule has 0 bridgehead atoms. The third-order valence-corrected chi connectivity index (χ3v) is 3.71. The van der Waals surface area contributed by atoms with Gasteiger partial charge in [-0.25, -0.2) is 4.79 Å². The highest BCUT2D eigenvalue weighted by Crippen LogP contribution is 2.20. The van der Waals surface area contributed by atoms with Crippen LogP contribution in [0.4, 0.5) is 0 Å². The molecule has 112 valence electrons. The molecule has 0 spiro atoms. The summed E-state index contributed by atoms with van der Waals surface area (Å²) in [5, 5.41) is 8.64. The quantitative estimate of drug-likeness (QED) is 0.861. The van der Waals surface area contributed by atoms with Crippen molar-refractivity contribution in [2.24, 2.45) is 0 Å². The third-order valence-electron chi connectivity index (χ3n) is 3.71. The van der Waals surface area contributed by atoms with Gasteiger partial charge in [-0.1, -0.05) is 12.1 Å². The van der Waals surface area contributed by atoms with Crippen LogP contribution < -0.4 is 0 Å². The third kappa shape index (κ3) is 3.70. The number of hydrogen-bond acceptors (Lipinski definition) is 3. The fourth-order valence-electron chi connectivity index (χ4n) is 2.53. The first-order chi connectivity index (χ1) is 9.99. The van der Waals surface area contributed by atoms with Gasteiger partial charge in [0, 0.05) is 25.3 Å². The maximum Gasteiger partial charge on any atom is 0.328 e. The topological polar surface area (TPSA) is 66.8 Å². The molecule has 1 N–H and O–H groups in total. The summed E-state index contributed by atoms with van der Waals surface area (Å²) < 4.78 is 5.49. The first-order valence-electron chi connectivity index (χ1n) is 6.89. The normalized spacial score (nSPS) is 21.6. The Morgan fingerprint density at radius 1 is 1.43 bits per heavy atom. The first-order valence-corrected chi connectivity index (χ1v) is 6.89. The van der Waals surface area contributed by atoms with E-state index >= 15 is 0 Å². The number of aliphatic carboxylic acids is 1. The van der Waals surface area contributed by atoms with Gasteiger partial charge in [-0.15, -0.1) is 0 Å². The Morgan fingerprint density at radius 3 is 2.81 bits per heavy atom. The van der Waals surface area contributed by atoms with Crippen LogP contribution in [0.25, 0.3) is 6.08 Å². The van der Waals surface area contributed by atoms with Crippen LogP contribution in [0.1, 0.15) is 29.3 Å². The summed E-state index contributed by atoms with van der Waals surface area (Å²) in [7, 11) is 1.78. The standard InChI is InChI=1S/C16H19NO4/c1-11-14(8-9-21-11)17(2)16(20)13-5-3-4-12(10-13)6-7-15(18)19/h3-7,10-11,14H,8-9H2,1-2H3,(H,18,19)/b7-6+. The van der Waals surface area contributed by atoms with E-state index in [9.17, 15) is 9.59 Å². The van der Waals surface area contributed by atoms with Crippen LogP contribution in [0.15, 0.2) is 30.3 Å². The summed E-state index contributed by atoms with van der Waals surface area (Å²) in [5.74, 6) is -1.09. The molecule has 21 heavy (non-hydrogen) atoms. The van der Waals surface area contributed by atoms with E-state index in [1.54, 1.807) is 36.2 Å². The zero-order valence-corrected chi connectivity index (χ0v) is 12.2. The number of likely N-dealkylation sites (N-methyl/N-ethyl adjacent to an activating group) is 1. The number of carbonyl (C=O) groups excluding carboxylic acids is 1. The van der Waals surface area contributed by atoms with Crippen molar-refractivity contribution in [3.05, 3.63) is 41.5 Å². The Morgan fingerprint density at radius 2 is 2.19 bits per heavy atom. The van der Waals surface area contributed by atoms with Crippen molar-refractivity contribution in [1.82, 2.24) is 4.90 Å². The number of carbonyl (C=O) groups is 2. The Kier molecular flexibility index (Phi) is 4.75. The number of carboxylic acid groups (broad SMARTS) is 1. The largest absolute Gasteiger partial charge is 0.478 e. The summed E-state index contributed by atoms with van der Waals surface area (Å²) >= 11 is 0. The van der Waals surface area contributed by atoms with Crippen molar-refractivity contribution in [2.75, 3.05) is 13.7 Å². The van der Waals surface area contributed by atoms with Gasteiger partial charge in [0.15, 0.2) is 0 Å². The van der Waals surface area contributed by atoms with Gasteiger partial charge in [-0.05, 0) is 37.1 Å². The van der Waals surface area contributed by atoms with E-state index in [0.717, 1.165) is 12.5 Å². The SMILES string of the molecule is CC1OCCC1N(C)C(=O)c1cccc(/C=C/C(=O)O)c1. The van der Waals surface area contributed by atoms with Gasteiger partial charge in [0.05, 0.1) is 12.1 Å². The Balaban J connectivity index is 2.15. The van der Waals surface area contributed by atoms with E-state index in [-0.39, 0.29) is 18.1 Å². The number of rotatable bonds is 4. The summed E-state index contributed by atoms with van der Waals surface area (Å²) in [6, 6.07) is 7.01. The number of ether oxygens (including phenoxy) is 1. The lowest BCUT2D eigenvalue weighted by Crippen LogP contribution is -2.41. The molecule has 2 unspecified atom stereocenters. The molecule has 1 fully saturated rings. The summed E-state index contributed by atoms with van der Waals surface area (Å²) in [6.45, 7) is 2.64. The maximum absolute atomic E-state index is 12.5. The minimum Gasteiger partial charge on any atom is -0.478 e. The number of hydrogen-bond donors (Lipinski definition) is 1. The molecule has 2 rings (SSSR count). The molecule has 0 radical (unpaired) electrons. The van der Waals surface area contributed by atoms with Crippen molar-refractivity contribution in [3.8, 4) is 0 Å². The predicted molar refractivity (Wildman–Crippen MR) is 79.0 cm³/mol. The molecule has 2 atom stereocenters. The van der Waals surface area contributed by atoms with Crippen molar-refractivity contribution in [1.29, 1.82) is 0 Å². The summed E-state index contributed by atoms with van der Waals surface area (Å²) in [6.07, 6.45) is 3.40. The number of benzene rings is 1. The van der Waals surface area contributed by atoms with Crippen molar-refractivity contribution in [2.45, 2.75) is 25.5 Å². The second-order valence-corrected chi connectivity index (χ2v) is 5.15. The van der Waals surface area contributed by atoms with Gasteiger partial charge in [-0.2, -0.15) is 0 Å². The molecular weight excluding hydrogens is 270 g/mol. The summed E-state index contributed by atoms with van der Waals surface area (Å²) in [4.78, 5) is 24.7. The molecule has 1 saturated heterocycles. The minimum atomic E-state index is -1.01. The second-order valence-electron chi connectivity index (χ2n) is 5.15. The number of amides is 1. The highest BCUT2D eigenvalue weighted by atomic mass is 16.5. The highest BCUT2D eigenvalue weighted by molar-refractivity contribution is 5.95. The van der Waals surface area contributed by atoms with Crippen LogP contribution in [0.3, 0.4) is 0 Å². The van der Waals surface area contributed by atoms with E-state index in [0.29, 0.717) is 17.7 Å². The molecule has 1 aromatic carbocycles. The molecule has 1 heterocycles. The van der Waals surface area contributed by atoms with Crippen LogP contribution in [-0.2, 0) is 9.53 Å². The van der Waals surface area contributed by atoms with Gasteiger partial charge in [0.25, 0.3) is 5.91 Å². The molecule has 0 aliphatic carbocycles. The van der Waals surface area contributed by atoms with Gasteiger partial charge < -0.3 is 14.7 Å². The average Bonchev–Trinajstić information content (AvgIpc) is 2.90. The van der Waals surface area contributed by atoms with Crippen LogP contribution in [0.2, 0.25) is 0 Å². The molecule has 1 amide bonds. The predicted octanol–water partition coefficient (Wildman–Crippen LogP) is 2.03.